The van der Waals surface area contributed by atoms with Gasteiger partial charge in [-0.05, 0) is 18.2 Å². The van der Waals surface area contributed by atoms with Crippen LogP contribution in [0.25, 0.3) is 22.3 Å². The van der Waals surface area contributed by atoms with E-state index in [-0.39, 0.29) is 10.9 Å². The van der Waals surface area contributed by atoms with Crippen LogP contribution in [0.1, 0.15) is 0 Å². The lowest BCUT2D eigenvalue weighted by atomic mass is 10.2. The van der Waals surface area contributed by atoms with Gasteiger partial charge in [0.2, 0.25) is 0 Å². The summed E-state index contributed by atoms with van der Waals surface area (Å²) in [4.78, 5) is 18.8. The normalized spacial score (nSPS) is 10.7. The molecule has 2 aromatic carbocycles. The van der Waals surface area contributed by atoms with Crippen LogP contribution in [-0.2, 0) is 0 Å². The zero-order chi connectivity index (χ0) is 12.5. The topological polar surface area (TPSA) is 45.8 Å². The molecule has 3 aromatic rings. The highest BCUT2D eigenvalue weighted by atomic mass is 19.1. The van der Waals surface area contributed by atoms with Crippen molar-refractivity contribution in [2.24, 2.45) is 0 Å². The first-order chi connectivity index (χ1) is 8.74. The Morgan fingerprint density at radius 2 is 1.83 bits per heavy atom. The van der Waals surface area contributed by atoms with Gasteiger partial charge in [-0.15, -0.1) is 0 Å². The van der Waals surface area contributed by atoms with Crippen LogP contribution in [0.3, 0.4) is 0 Å². The summed E-state index contributed by atoms with van der Waals surface area (Å²) in [6.07, 6.45) is 0. The van der Waals surface area contributed by atoms with E-state index in [1.807, 2.05) is 30.3 Å². The second kappa shape index (κ2) is 4.07. The molecule has 0 fully saturated rings. The first kappa shape index (κ1) is 10.7. The van der Waals surface area contributed by atoms with E-state index in [0.717, 1.165) is 5.56 Å². The highest BCUT2D eigenvalue weighted by Gasteiger charge is 2.06. The molecule has 1 N–H and O–H groups in total. The number of benzene rings is 2. The number of halogens is 1. The SMILES string of the molecule is O=c1[nH]c(-c2ccccc2)nc2ccc(F)cc12. The fourth-order valence-corrected chi connectivity index (χ4v) is 1.84. The van der Waals surface area contributed by atoms with Crippen LogP contribution >= 0.6 is 0 Å². The Morgan fingerprint density at radius 1 is 1.06 bits per heavy atom. The first-order valence-electron chi connectivity index (χ1n) is 5.49. The number of H-pyrrole nitrogens is 1. The van der Waals surface area contributed by atoms with Crippen molar-refractivity contribution in [2.75, 3.05) is 0 Å². The number of rotatable bonds is 1. The van der Waals surface area contributed by atoms with Crippen LogP contribution in [-0.4, -0.2) is 9.97 Å². The van der Waals surface area contributed by atoms with Gasteiger partial charge >= 0.3 is 0 Å². The van der Waals surface area contributed by atoms with E-state index < -0.39 is 5.82 Å². The van der Waals surface area contributed by atoms with E-state index in [1.54, 1.807) is 0 Å². The summed E-state index contributed by atoms with van der Waals surface area (Å²) >= 11 is 0. The molecule has 0 saturated heterocycles. The largest absolute Gasteiger partial charge is 0.306 e. The first-order valence-corrected chi connectivity index (χ1v) is 5.49. The third-order valence-corrected chi connectivity index (χ3v) is 2.71. The number of hydrogen-bond donors (Lipinski definition) is 1. The summed E-state index contributed by atoms with van der Waals surface area (Å²) in [7, 11) is 0. The lowest BCUT2D eigenvalue weighted by molar-refractivity contribution is 0.629. The maximum absolute atomic E-state index is 13.1. The number of aromatic nitrogens is 2. The van der Waals surface area contributed by atoms with Crippen molar-refractivity contribution in [3.8, 4) is 11.4 Å². The smallest absolute Gasteiger partial charge is 0.259 e. The number of nitrogens with zero attached hydrogens (tertiary/aromatic N) is 1. The van der Waals surface area contributed by atoms with E-state index in [2.05, 4.69) is 9.97 Å². The molecule has 4 heteroatoms. The Balaban J connectivity index is 2.29. The number of fused-ring (bicyclic) bond motifs is 1. The predicted octanol–water partition coefficient (Wildman–Crippen LogP) is 2.73. The Bertz CT molecular complexity index is 766. The maximum atomic E-state index is 13.1. The molecule has 18 heavy (non-hydrogen) atoms. The van der Waals surface area contributed by atoms with E-state index in [1.165, 1.54) is 18.2 Å². The van der Waals surface area contributed by atoms with Crippen molar-refractivity contribution in [1.82, 2.24) is 9.97 Å². The van der Waals surface area contributed by atoms with Gasteiger partial charge < -0.3 is 4.98 Å². The molecular formula is C14H9FN2O. The minimum Gasteiger partial charge on any atom is -0.306 e. The van der Waals surface area contributed by atoms with Gasteiger partial charge in [0.05, 0.1) is 10.9 Å². The molecule has 0 aliphatic carbocycles. The van der Waals surface area contributed by atoms with Crippen LogP contribution in [0.2, 0.25) is 0 Å². The van der Waals surface area contributed by atoms with E-state index in [4.69, 9.17) is 0 Å². The molecule has 0 unspecified atom stereocenters. The van der Waals surface area contributed by atoms with Crippen molar-refractivity contribution in [3.63, 3.8) is 0 Å². The Kier molecular flexibility index (Phi) is 2.41. The third-order valence-electron chi connectivity index (χ3n) is 2.71. The van der Waals surface area contributed by atoms with Gasteiger partial charge in [0.25, 0.3) is 5.56 Å². The number of hydrogen-bond acceptors (Lipinski definition) is 2. The summed E-state index contributed by atoms with van der Waals surface area (Å²) in [5, 5.41) is 0.259. The molecule has 0 aliphatic rings. The van der Waals surface area contributed by atoms with Crippen LogP contribution in [0.5, 0.6) is 0 Å². The van der Waals surface area contributed by atoms with Gasteiger partial charge in [0.15, 0.2) is 0 Å². The zero-order valence-electron chi connectivity index (χ0n) is 9.35. The van der Waals surface area contributed by atoms with Crippen LogP contribution in [0.4, 0.5) is 4.39 Å². The highest BCUT2D eigenvalue weighted by Crippen LogP contribution is 2.16. The summed E-state index contributed by atoms with van der Waals surface area (Å²) in [5.74, 6) is 0.0435. The van der Waals surface area contributed by atoms with Crippen LogP contribution < -0.4 is 5.56 Å². The molecule has 0 aliphatic heterocycles. The molecule has 88 valence electrons. The van der Waals surface area contributed by atoms with Crippen LogP contribution in [0, 0.1) is 5.82 Å². The third kappa shape index (κ3) is 1.78. The molecule has 1 heterocycles. The molecule has 0 amide bonds. The molecule has 0 saturated carbocycles. The highest BCUT2D eigenvalue weighted by molar-refractivity contribution is 5.79. The van der Waals surface area contributed by atoms with Gasteiger partial charge in [-0.1, -0.05) is 30.3 Å². The van der Waals surface area contributed by atoms with Crippen molar-refractivity contribution in [1.29, 1.82) is 0 Å². The van der Waals surface area contributed by atoms with E-state index in [0.29, 0.717) is 11.3 Å². The number of aromatic amines is 1. The molecular weight excluding hydrogens is 231 g/mol. The second-order valence-electron chi connectivity index (χ2n) is 3.94. The summed E-state index contributed by atoms with van der Waals surface area (Å²) in [6, 6.07) is 13.3. The minimum absolute atomic E-state index is 0.259. The van der Waals surface area contributed by atoms with Crippen molar-refractivity contribution in [3.05, 3.63) is 64.7 Å². The maximum Gasteiger partial charge on any atom is 0.259 e. The van der Waals surface area contributed by atoms with E-state index >= 15 is 0 Å². The predicted molar refractivity (Wildman–Crippen MR) is 67.8 cm³/mol. The Hall–Kier alpha value is -2.49. The van der Waals surface area contributed by atoms with Gasteiger partial charge in [0.1, 0.15) is 11.6 Å². The van der Waals surface area contributed by atoms with Crippen molar-refractivity contribution in [2.45, 2.75) is 0 Å². The van der Waals surface area contributed by atoms with Gasteiger partial charge in [-0.2, -0.15) is 0 Å². The fourth-order valence-electron chi connectivity index (χ4n) is 1.84. The van der Waals surface area contributed by atoms with Gasteiger partial charge in [-0.25, -0.2) is 9.37 Å². The minimum atomic E-state index is -0.442. The molecule has 0 bridgehead atoms. The molecule has 3 nitrogen and oxygen atoms in total. The second-order valence-corrected chi connectivity index (χ2v) is 3.94. The lowest BCUT2D eigenvalue weighted by Crippen LogP contribution is -2.09. The summed E-state index contributed by atoms with van der Waals surface area (Å²) < 4.78 is 13.1. The monoisotopic (exact) mass is 240 g/mol. The Morgan fingerprint density at radius 3 is 2.61 bits per heavy atom. The zero-order valence-corrected chi connectivity index (χ0v) is 9.35. The molecule has 3 rings (SSSR count). The van der Waals surface area contributed by atoms with Crippen LogP contribution in [0.15, 0.2) is 53.3 Å². The standard InChI is InChI=1S/C14H9FN2O/c15-10-6-7-12-11(8-10)14(18)17-13(16-12)9-4-2-1-3-5-9/h1-8H,(H,16,17,18). The average Bonchev–Trinajstić information content (AvgIpc) is 2.40. The van der Waals surface area contributed by atoms with Crippen molar-refractivity contribution < 1.29 is 4.39 Å². The fraction of sp³-hybridized carbons (Fsp3) is 0. The molecule has 0 spiro atoms. The average molecular weight is 240 g/mol. The molecule has 0 atom stereocenters. The lowest BCUT2D eigenvalue weighted by Gasteiger charge is -2.02. The summed E-state index contributed by atoms with van der Waals surface area (Å²) in [5.41, 5.74) is 0.971. The summed E-state index contributed by atoms with van der Waals surface area (Å²) in [6.45, 7) is 0. The number of nitrogens with one attached hydrogen (secondary N) is 1. The molecule has 1 aromatic heterocycles. The molecule has 0 radical (unpaired) electrons. The van der Waals surface area contributed by atoms with E-state index in [9.17, 15) is 9.18 Å². The van der Waals surface area contributed by atoms with Gasteiger partial charge in [-0.3, -0.25) is 4.79 Å². The van der Waals surface area contributed by atoms with Crippen molar-refractivity contribution >= 4 is 10.9 Å². The quantitative estimate of drug-likeness (QED) is 0.710. The Labute approximate surface area is 102 Å². The van der Waals surface area contributed by atoms with Gasteiger partial charge in [0, 0.05) is 5.56 Å².